The molecule has 0 fully saturated rings. The Labute approximate surface area is 345 Å². The summed E-state index contributed by atoms with van der Waals surface area (Å²) < 4.78 is 0. The van der Waals surface area contributed by atoms with Crippen molar-refractivity contribution in [3.8, 4) is 0 Å². The van der Waals surface area contributed by atoms with E-state index in [1.165, 1.54) is 36.4 Å². The minimum absolute atomic E-state index is 0. The maximum Gasteiger partial charge on any atom is 0.336 e. The second-order valence-electron chi connectivity index (χ2n) is 12.1. The Hall–Kier alpha value is -6.07. The Kier molecular flexibility index (Phi) is 16.1. The monoisotopic (exact) mass is 859 g/mol. The van der Waals surface area contributed by atoms with Crippen LogP contribution in [0.25, 0.3) is 0 Å². The molecule has 10 heteroatoms. The van der Waals surface area contributed by atoms with E-state index in [1.807, 2.05) is 57.2 Å². The predicted octanol–water partition coefficient (Wildman–Crippen LogP) is 8.77. The number of hydrogen-bond acceptors (Lipinski definition) is 6. The van der Waals surface area contributed by atoms with Gasteiger partial charge in [0.2, 0.25) is 0 Å². The summed E-state index contributed by atoms with van der Waals surface area (Å²) in [5, 5.41) is 27.2. The zero-order chi connectivity index (χ0) is 39.4. The Balaban J connectivity index is 0.000000220. The molecule has 1 radical (unpaired) electrons. The molecular weight excluding hydrogens is 823 g/mol. The van der Waals surface area contributed by atoms with Gasteiger partial charge < -0.3 is 15.3 Å². The molecule has 0 saturated heterocycles. The predicted molar refractivity (Wildman–Crippen MR) is 204 cm³/mol. The van der Waals surface area contributed by atoms with Gasteiger partial charge in [0.15, 0.2) is 17.3 Å². The number of benzene rings is 6. The van der Waals surface area contributed by atoms with Gasteiger partial charge in [-0.2, -0.15) is 0 Å². The Morgan fingerprint density at radius 2 is 0.491 bits per heavy atom. The molecule has 0 atom stereocenters. The van der Waals surface area contributed by atoms with E-state index < -0.39 is 17.9 Å². The first kappa shape index (κ1) is 43.3. The summed E-state index contributed by atoms with van der Waals surface area (Å²) >= 11 is 0. The molecule has 0 aliphatic rings. The molecule has 0 aromatic heterocycles. The van der Waals surface area contributed by atoms with Gasteiger partial charge in [0, 0.05) is 69.0 Å². The zero-order valence-corrected chi connectivity index (χ0v) is 33.9. The van der Waals surface area contributed by atoms with E-state index in [2.05, 4.69) is 0 Å². The molecular formula is C45H36LaO9. The number of carbonyl (C=O) groups excluding carboxylic acids is 3. The molecule has 0 unspecified atom stereocenters. The average Bonchev–Trinajstić information content (AvgIpc) is 3.18. The molecule has 0 saturated carbocycles. The smallest absolute Gasteiger partial charge is 0.336 e. The summed E-state index contributed by atoms with van der Waals surface area (Å²) in [6.07, 6.45) is 0. The van der Waals surface area contributed by atoms with Crippen LogP contribution in [0.15, 0.2) is 146 Å². The fourth-order valence-electron chi connectivity index (χ4n) is 5.18. The number of aromatic carboxylic acids is 3. The molecule has 3 N–H and O–H groups in total. The number of aryl methyl sites for hydroxylation is 3. The Morgan fingerprint density at radius 1 is 0.309 bits per heavy atom. The minimum Gasteiger partial charge on any atom is -0.478 e. The van der Waals surface area contributed by atoms with Gasteiger partial charge >= 0.3 is 17.9 Å². The third kappa shape index (κ3) is 11.7. The molecule has 273 valence electrons. The average molecular weight is 860 g/mol. The normalized spacial score (nSPS) is 9.87. The molecule has 0 amide bonds. The van der Waals surface area contributed by atoms with Gasteiger partial charge in [0.1, 0.15) is 0 Å². The molecule has 6 aromatic rings. The quantitative estimate of drug-likeness (QED) is 0.121. The first-order valence-electron chi connectivity index (χ1n) is 16.6. The van der Waals surface area contributed by atoms with Crippen LogP contribution < -0.4 is 0 Å². The molecule has 0 aliphatic heterocycles. The summed E-state index contributed by atoms with van der Waals surface area (Å²) in [6, 6.07) is 39.9. The van der Waals surface area contributed by atoms with Crippen molar-refractivity contribution in [2.24, 2.45) is 0 Å². The molecule has 6 rings (SSSR count). The van der Waals surface area contributed by atoms with Crippen molar-refractivity contribution in [2.45, 2.75) is 20.8 Å². The van der Waals surface area contributed by atoms with E-state index in [1.54, 1.807) is 72.8 Å². The van der Waals surface area contributed by atoms with Crippen LogP contribution in [0.5, 0.6) is 0 Å². The maximum absolute atomic E-state index is 12.2. The van der Waals surface area contributed by atoms with E-state index in [4.69, 9.17) is 15.3 Å². The SMILES string of the molecule is Cc1ccc(C(=O)c2ccccc2C(=O)O)cc1.Cc1ccc(C(=O)c2ccccc2C(=O)O)cc1.Cc1ccc(C(=O)c2ccccc2C(=O)O)cc1.[La]. The van der Waals surface area contributed by atoms with Crippen molar-refractivity contribution in [1.29, 1.82) is 0 Å². The first-order valence-corrected chi connectivity index (χ1v) is 16.6. The summed E-state index contributed by atoms with van der Waals surface area (Å²) in [6.45, 7) is 5.79. The standard InChI is InChI=1S/3C15H12O3.La/c3*1-10-6-8-11(9-7-10)14(16)12-4-2-3-5-13(12)15(17)18;/h3*2-9H,1H3,(H,17,18);. The Bertz CT molecular complexity index is 2060. The van der Waals surface area contributed by atoms with Gasteiger partial charge in [-0.25, -0.2) is 14.4 Å². The van der Waals surface area contributed by atoms with Crippen LogP contribution in [0.3, 0.4) is 0 Å². The van der Waals surface area contributed by atoms with Crippen LogP contribution in [-0.2, 0) is 0 Å². The summed E-state index contributed by atoms with van der Waals surface area (Å²) in [4.78, 5) is 69.8. The first-order chi connectivity index (χ1) is 25.8. The third-order valence-electron chi connectivity index (χ3n) is 8.15. The molecule has 6 aromatic carbocycles. The Morgan fingerprint density at radius 3 is 0.673 bits per heavy atom. The number of hydrogen-bond donors (Lipinski definition) is 3. The van der Waals surface area contributed by atoms with Crippen molar-refractivity contribution < 1.29 is 79.7 Å². The van der Waals surface area contributed by atoms with Crippen LogP contribution in [0.2, 0.25) is 0 Å². The second-order valence-corrected chi connectivity index (χ2v) is 12.1. The van der Waals surface area contributed by atoms with Crippen LogP contribution in [0.4, 0.5) is 0 Å². The molecule has 9 nitrogen and oxygen atoms in total. The van der Waals surface area contributed by atoms with E-state index in [9.17, 15) is 28.8 Å². The molecule has 0 heterocycles. The van der Waals surface area contributed by atoms with Gasteiger partial charge in [-0.3, -0.25) is 14.4 Å². The van der Waals surface area contributed by atoms with E-state index in [0.717, 1.165) is 16.7 Å². The number of carboxylic acids is 3. The third-order valence-corrected chi connectivity index (χ3v) is 8.15. The van der Waals surface area contributed by atoms with Crippen LogP contribution in [0, 0.1) is 56.4 Å². The van der Waals surface area contributed by atoms with Crippen LogP contribution >= 0.6 is 0 Å². The van der Waals surface area contributed by atoms with E-state index in [-0.39, 0.29) is 86.3 Å². The zero-order valence-electron chi connectivity index (χ0n) is 30.2. The summed E-state index contributed by atoms with van der Waals surface area (Å²) in [5.41, 5.74) is 5.39. The van der Waals surface area contributed by atoms with Gasteiger partial charge in [0.25, 0.3) is 0 Å². The molecule has 0 aliphatic carbocycles. The van der Waals surface area contributed by atoms with E-state index in [0.29, 0.717) is 16.7 Å². The van der Waals surface area contributed by atoms with Crippen molar-refractivity contribution in [2.75, 3.05) is 0 Å². The molecule has 55 heavy (non-hydrogen) atoms. The van der Waals surface area contributed by atoms with Crippen molar-refractivity contribution in [1.82, 2.24) is 0 Å². The fourth-order valence-corrected chi connectivity index (χ4v) is 5.18. The van der Waals surface area contributed by atoms with Crippen molar-refractivity contribution in [3.05, 3.63) is 212 Å². The van der Waals surface area contributed by atoms with Gasteiger partial charge in [-0.15, -0.1) is 0 Å². The summed E-state index contributed by atoms with van der Waals surface area (Å²) in [7, 11) is 0. The van der Waals surface area contributed by atoms with Crippen molar-refractivity contribution >= 4 is 35.3 Å². The number of ketones is 3. The van der Waals surface area contributed by atoms with Crippen LogP contribution in [0.1, 0.15) is 95.5 Å². The number of carboxylic acid groups (broad SMARTS) is 3. The second kappa shape index (κ2) is 20.4. The summed E-state index contributed by atoms with van der Waals surface area (Å²) in [5.74, 6) is -4.09. The van der Waals surface area contributed by atoms with Gasteiger partial charge in [-0.1, -0.05) is 144 Å². The fraction of sp³-hybridized carbons (Fsp3) is 0.0667. The van der Waals surface area contributed by atoms with Crippen LogP contribution in [-0.4, -0.2) is 50.6 Å². The van der Waals surface area contributed by atoms with Gasteiger partial charge in [0.05, 0.1) is 16.7 Å². The van der Waals surface area contributed by atoms with E-state index >= 15 is 0 Å². The minimum atomic E-state index is -1.09. The number of rotatable bonds is 9. The molecule has 0 bridgehead atoms. The van der Waals surface area contributed by atoms with Crippen molar-refractivity contribution in [3.63, 3.8) is 0 Å². The largest absolute Gasteiger partial charge is 0.478 e. The topological polar surface area (TPSA) is 163 Å². The van der Waals surface area contributed by atoms with Gasteiger partial charge in [-0.05, 0) is 39.0 Å². The number of carbonyl (C=O) groups is 6. The molecule has 0 spiro atoms. The maximum atomic E-state index is 12.2.